The summed E-state index contributed by atoms with van der Waals surface area (Å²) in [7, 11) is 0. The second kappa shape index (κ2) is 7.41. The van der Waals surface area contributed by atoms with E-state index in [-0.39, 0.29) is 12.3 Å². The summed E-state index contributed by atoms with van der Waals surface area (Å²) in [5.41, 5.74) is 7.33. The zero-order chi connectivity index (χ0) is 14.3. The van der Waals surface area contributed by atoms with Crippen LogP contribution in [0.5, 0.6) is 0 Å². The van der Waals surface area contributed by atoms with Gasteiger partial charge >= 0.3 is 5.97 Å². The smallest absolute Gasteiger partial charge is 0.326 e. The van der Waals surface area contributed by atoms with Gasteiger partial charge in [0.1, 0.15) is 6.04 Å². The Hall–Kier alpha value is -2.04. The molecular weight excluding hydrogens is 244 g/mol. The molecule has 1 atom stereocenters. The average molecular weight is 264 g/mol. The van der Waals surface area contributed by atoms with Crippen molar-refractivity contribution < 1.29 is 14.7 Å². The van der Waals surface area contributed by atoms with E-state index < -0.39 is 12.0 Å². The van der Waals surface area contributed by atoms with E-state index in [0.717, 1.165) is 5.56 Å². The van der Waals surface area contributed by atoms with E-state index in [1.54, 1.807) is 6.07 Å². The van der Waals surface area contributed by atoms with Crippen molar-refractivity contribution in [2.45, 2.75) is 38.6 Å². The van der Waals surface area contributed by atoms with Crippen LogP contribution >= 0.6 is 0 Å². The third-order valence-corrected chi connectivity index (χ3v) is 2.89. The van der Waals surface area contributed by atoms with Crippen LogP contribution in [0, 0.1) is 0 Å². The van der Waals surface area contributed by atoms with Crippen molar-refractivity contribution in [1.82, 2.24) is 5.32 Å². The zero-order valence-corrected chi connectivity index (χ0v) is 11.1. The Kier molecular flexibility index (Phi) is 5.85. The standard InChI is InChI=1S/C14H20N2O3/c1-2-5-12(14(18)19)16-13(17)9-8-10-6-3-4-7-11(10)15/h3-4,6-7,12H,2,5,8-9,15H2,1H3,(H,16,17)(H,18,19). The highest BCUT2D eigenvalue weighted by Crippen LogP contribution is 2.12. The molecule has 1 unspecified atom stereocenters. The average Bonchev–Trinajstić information content (AvgIpc) is 2.37. The Bertz CT molecular complexity index is 446. The third-order valence-electron chi connectivity index (χ3n) is 2.89. The predicted octanol–water partition coefficient (Wildman–Crippen LogP) is 1.57. The molecule has 0 aliphatic rings. The number of rotatable bonds is 7. The van der Waals surface area contributed by atoms with Gasteiger partial charge in [-0.15, -0.1) is 0 Å². The lowest BCUT2D eigenvalue weighted by molar-refractivity contribution is -0.142. The number of nitrogen functional groups attached to an aromatic ring is 1. The highest BCUT2D eigenvalue weighted by molar-refractivity contribution is 5.83. The number of benzene rings is 1. The molecule has 0 bridgehead atoms. The van der Waals surface area contributed by atoms with Gasteiger partial charge in [-0.1, -0.05) is 31.5 Å². The van der Waals surface area contributed by atoms with E-state index in [2.05, 4.69) is 5.32 Å². The first-order valence-electron chi connectivity index (χ1n) is 6.40. The van der Waals surface area contributed by atoms with Crippen molar-refractivity contribution in [1.29, 1.82) is 0 Å². The number of para-hydroxylation sites is 1. The number of carboxylic acid groups (broad SMARTS) is 1. The Morgan fingerprint density at radius 1 is 1.37 bits per heavy atom. The van der Waals surface area contributed by atoms with Crippen molar-refractivity contribution in [3.05, 3.63) is 29.8 Å². The predicted molar refractivity (Wildman–Crippen MR) is 73.6 cm³/mol. The number of aryl methyl sites for hydroxylation is 1. The van der Waals surface area contributed by atoms with Crippen molar-refractivity contribution in [2.24, 2.45) is 0 Å². The summed E-state index contributed by atoms with van der Waals surface area (Å²) in [6, 6.07) is 6.54. The minimum atomic E-state index is -0.991. The van der Waals surface area contributed by atoms with E-state index >= 15 is 0 Å². The Balaban J connectivity index is 2.47. The molecule has 4 N–H and O–H groups in total. The van der Waals surface area contributed by atoms with Crippen molar-refractivity contribution >= 4 is 17.6 Å². The molecule has 1 aromatic carbocycles. The maximum absolute atomic E-state index is 11.7. The normalized spacial score (nSPS) is 11.8. The van der Waals surface area contributed by atoms with Crippen molar-refractivity contribution in [3.8, 4) is 0 Å². The van der Waals surface area contributed by atoms with Gasteiger partial charge in [-0.2, -0.15) is 0 Å². The molecule has 5 heteroatoms. The quantitative estimate of drug-likeness (QED) is 0.652. The third kappa shape index (κ3) is 4.99. The Morgan fingerprint density at radius 3 is 2.63 bits per heavy atom. The van der Waals surface area contributed by atoms with Gasteiger partial charge < -0.3 is 16.2 Å². The monoisotopic (exact) mass is 264 g/mol. The number of carboxylic acids is 1. The molecule has 1 amide bonds. The van der Waals surface area contributed by atoms with Gasteiger partial charge in [-0.05, 0) is 24.5 Å². The highest BCUT2D eigenvalue weighted by atomic mass is 16.4. The van der Waals surface area contributed by atoms with Crippen LogP contribution in [0.2, 0.25) is 0 Å². The summed E-state index contributed by atoms with van der Waals surface area (Å²) in [5.74, 6) is -1.25. The zero-order valence-electron chi connectivity index (χ0n) is 11.1. The van der Waals surface area contributed by atoms with Gasteiger partial charge in [-0.25, -0.2) is 4.79 Å². The van der Waals surface area contributed by atoms with Crippen LogP contribution in [0.25, 0.3) is 0 Å². The van der Waals surface area contributed by atoms with E-state index in [9.17, 15) is 9.59 Å². The Labute approximate surface area is 112 Å². The molecule has 5 nitrogen and oxygen atoms in total. The molecule has 0 saturated carbocycles. The molecule has 0 heterocycles. The number of nitrogens with two attached hydrogens (primary N) is 1. The maximum Gasteiger partial charge on any atom is 0.326 e. The topological polar surface area (TPSA) is 92.4 Å². The van der Waals surface area contributed by atoms with Crippen LogP contribution in [0.4, 0.5) is 5.69 Å². The van der Waals surface area contributed by atoms with Crippen molar-refractivity contribution in [2.75, 3.05) is 5.73 Å². The number of amides is 1. The summed E-state index contributed by atoms with van der Waals surface area (Å²) in [5, 5.41) is 11.5. The first kappa shape index (κ1) is 15.0. The van der Waals surface area contributed by atoms with Gasteiger partial charge in [0.25, 0.3) is 0 Å². The van der Waals surface area contributed by atoms with E-state index in [4.69, 9.17) is 10.8 Å². The number of hydrogen-bond donors (Lipinski definition) is 3. The molecular formula is C14H20N2O3. The fourth-order valence-corrected chi connectivity index (χ4v) is 1.82. The second-order valence-electron chi connectivity index (χ2n) is 4.45. The van der Waals surface area contributed by atoms with Crippen LogP contribution in [0.1, 0.15) is 31.7 Å². The van der Waals surface area contributed by atoms with Crippen molar-refractivity contribution in [3.63, 3.8) is 0 Å². The number of nitrogens with one attached hydrogen (secondary N) is 1. The molecule has 1 rings (SSSR count). The van der Waals surface area contributed by atoms with Crippen LogP contribution in [-0.2, 0) is 16.0 Å². The summed E-state index contributed by atoms with van der Waals surface area (Å²) >= 11 is 0. The van der Waals surface area contributed by atoms with Crippen LogP contribution < -0.4 is 11.1 Å². The first-order valence-corrected chi connectivity index (χ1v) is 6.40. The van der Waals surface area contributed by atoms with E-state index in [1.807, 2.05) is 25.1 Å². The molecule has 0 spiro atoms. The van der Waals surface area contributed by atoms with E-state index in [0.29, 0.717) is 24.9 Å². The summed E-state index contributed by atoms with van der Waals surface area (Å²) < 4.78 is 0. The second-order valence-corrected chi connectivity index (χ2v) is 4.45. The molecule has 0 fully saturated rings. The van der Waals surface area contributed by atoms with Crippen LogP contribution in [0.3, 0.4) is 0 Å². The fourth-order valence-electron chi connectivity index (χ4n) is 1.82. The van der Waals surface area contributed by atoms with Gasteiger partial charge in [0.15, 0.2) is 0 Å². The fraction of sp³-hybridized carbons (Fsp3) is 0.429. The van der Waals surface area contributed by atoms with E-state index in [1.165, 1.54) is 0 Å². The lowest BCUT2D eigenvalue weighted by Gasteiger charge is -2.13. The van der Waals surface area contributed by atoms with Gasteiger partial charge in [-0.3, -0.25) is 4.79 Å². The molecule has 19 heavy (non-hydrogen) atoms. The molecule has 0 aliphatic heterocycles. The number of hydrogen-bond acceptors (Lipinski definition) is 3. The molecule has 0 aliphatic carbocycles. The SMILES string of the molecule is CCCC(NC(=O)CCc1ccccc1N)C(=O)O. The molecule has 0 radical (unpaired) electrons. The lowest BCUT2D eigenvalue weighted by atomic mass is 10.1. The van der Waals surface area contributed by atoms with Gasteiger partial charge in [0.2, 0.25) is 5.91 Å². The highest BCUT2D eigenvalue weighted by Gasteiger charge is 2.18. The maximum atomic E-state index is 11.7. The van der Waals surface area contributed by atoms with Crippen LogP contribution in [0.15, 0.2) is 24.3 Å². The van der Waals surface area contributed by atoms with Crippen LogP contribution in [-0.4, -0.2) is 23.0 Å². The Morgan fingerprint density at radius 2 is 2.05 bits per heavy atom. The summed E-state index contributed by atoms with van der Waals surface area (Å²) in [4.78, 5) is 22.6. The minimum Gasteiger partial charge on any atom is -0.480 e. The largest absolute Gasteiger partial charge is 0.480 e. The number of aliphatic carboxylic acids is 1. The minimum absolute atomic E-state index is 0.238. The number of carbonyl (C=O) groups is 2. The molecule has 1 aromatic rings. The number of anilines is 1. The molecule has 104 valence electrons. The number of carbonyl (C=O) groups excluding carboxylic acids is 1. The summed E-state index contributed by atoms with van der Waals surface area (Å²) in [6.07, 6.45) is 1.90. The van der Waals surface area contributed by atoms with Gasteiger partial charge in [0.05, 0.1) is 0 Å². The molecule has 0 aromatic heterocycles. The van der Waals surface area contributed by atoms with Gasteiger partial charge in [0, 0.05) is 12.1 Å². The lowest BCUT2D eigenvalue weighted by Crippen LogP contribution is -2.40. The first-order chi connectivity index (χ1) is 9.04. The molecule has 0 saturated heterocycles. The summed E-state index contributed by atoms with van der Waals surface area (Å²) in [6.45, 7) is 1.88.